The van der Waals surface area contributed by atoms with E-state index in [1.165, 1.54) is 31.7 Å². The molecule has 86 valence electrons. The van der Waals surface area contributed by atoms with Crippen LogP contribution < -0.4 is 0 Å². The van der Waals surface area contributed by atoms with Crippen molar-refractivity contribution in [1.29, 1.82) is 0 Å². The minimum atomic E-state index is -1.09. The Bertz CT molecular complexity index is 138. The third-order valence-corrected chi connectivity index (χ3v) is 4.91. The van der Waals surface area contributed by atoms with Crippen LogP contribution in [0.5, 0.6) is 0 Å². The Morgan fingerprint density at radius 3 is 2.00 bits per heavy atom. The van der Waals surface area contributed by atoms with Crippen molar-refractivity contribution in [3.05, 3.63) is 0 Å². The second-order valence-corrected chi connectivity index (χ2v) is 13.5. The Labute approximate surface area is 96.9 Å². The zero-order chi connectivity index (χ0) is 11.2. The van der Waals surface area contributed by atoms with Crippen molar-refractivity contribution < 1.29 is 0 Å². The SMILES string of the molecule is CC(C)CCCC(C)CC[Si](C)(C)S. The van der Waals surface area contributed by atoms with Gasteiger partial charge in [-0.25, -0.2) is 12.1 Å². The van der Waals surface area contributed by atoms with Crippen LogP contribution in [0.4, 0.5) is 0 Å². The Balaban J connectivity index is 3.42. The molecule has 1 atom stereocenters. The van der Waals surface area contributed by atoms with E-state index in [4.69, 9.17) is 12.1 Å². The molecule has 0 aliphatic heterocycles. The summed E-state index contributed by atoms with van der Waals surface area (Å²) < 4.78 is 0. The first-order valence-electron chi connectivity index (χ1n) is 6.03. The van der Waals surface area contributed by atoms with Crippen LogP contribution in [0.15, 0.2) is 0 Å². The molecule has 0 spiro atoms. The van der Waals surface area contributed by atoms with Gasteiger partial charge in [-0.15, -0.1) is 0 Å². The van der Waals surface area contributed by atoms with E-state index in [0.29, 0.717) is 0 Å². The lowest BCUT2D eigenvalue weighted by Gasteiger charge is -2.18. The summed E-state index contributed by atoms with van der Waals surface area (Å²) in [6.07, 6.45) is 5.61. The standard InChI is InChI=1S/C12H28SSi/c1-11(2)7-6-8-12(3)9-10-14(4,5)13/h11-13H,6-10H2,1-5H3. The van der Waals surface area contributed by atoms with Gasteiger partial charge in [0.1, 0.15) is 7.22 Å². The zero-order valence-electron chi connectivity index (χ0n) is 10.6. The Kier molecular flexibility index (Phi) is 7.22. The van der Waals surface area contributed by atoms with Crippen LogP contribution in [0.25, 0.3) is 0 Å². The third-order valence-electron chi connectivity index (χ3n) is 2.73. The van der Waals surface area contributed by atoms with Crippen molar-refractivity contribution >= 4 is 19.3 Å². The van der Waals surface area contributed by atoms with E-state index < -0.39 is 7.22 Å². The fourth-order valence-corrected chi connectivity index (χ4v) is 3.21. The lowest BCUT2D eigenvalue weighted by molar-refractivity contribution is 0.448. The first-order valence-corrected chi connectivity index (χ1v) is 10.5. The summed E-state index contributed by atoms with van der Waals surface area (Å²) in [4.78, 5) is 0. The van der Waals surface area contributed by atoms with Crippen LogP contribution in [0.2, 0.25) is 19.1 Å². The number of hydrogen-bond acceptors (Lipinski definition) is 1. The highest BCUT2D eigenvalue weighted by Gasteiger charge is 2.15. The molecular formula is C12H28SSi. The minimum Gasteiger partial charge on any atom is -0.202 e. The molecular weight excluding hydrogens is 204 g/mol. The summed E-state index contributed by atoms with van der Waals surface area (Å²) in [5.74, 6) is 1.78. The molecule has 0 aromatic heterocycles. The lowest BCUT2D eigenvalue weighted by Crippen LogP contribution is -2.17. The van der Waals surface area contributed by atoms with Gasteiger partial charge in [-0.05, 0) is 17.9 Å². The summed E-state index contributed by atoms with van der Waals surface area (Å²) in [5, 5.41) is 0. The van der Waals surface area contributed by atoms with Crippen LogP contribution in [0.3, 0.4) is 0 Å². The molecule has 0 radical (unpaired) electrons. The second kappa shape index (κ2) is 6.94. The molecule has 0 aliphatic carbocycles. The van der Waals surface area contributed by atoms with E-state index in [1.807, 2.05) is 0 Å². The van der Waals surface area contributed by atoms with E-state index >= 15 is 0 Å². The maximum atomic E-state index is 4.69. The van der Waals surface area contributed by atoms with E-state index in [-0.39, 0.29) is 0 Å². The van der Waals surface area contributed by atoms with Crippen LogP contribution >= 0.6 is 12.1 Å². The third kappa shape index (κ3) is 10.6. The molecule has 0 bridgehead atoms. The number of thiol groups is 1. The van der Waals surface area contributed by atoms with Gasteiger partial charge in [0.05, 0.1) is 0 Å². The van der Waals surface area contributed by atoms with Crippen LogP contribution in [-0.4, -0.2) is 7.22 Å². The first-order chi connectivity index (χ1) is 6.31. The van der Waals surface area contributed by atoms with Crippen molar-refractivity contribution in [2.24, 2.45) is 11.8 Å². The fourth-order valence-electron chi connectivity index (χ4n) is 1.62. The zero-order valence-corrected chi connectivity index (χ0v) is 12.5. The van der Waals surface area contributed by atoms with Crippen molar-refractivity contribution in [3.8, 4) is 0 Å². The van der Waals surface area contributed by atoms with Crippen LogP contribution in [-0.2, 0) is 0 Å². The van der Waals surface area contributed by atoms with E-state index in [9.17, 15) is 0 Å². The van der Waals surface area contributed by atoms with Gasteiger partial charge in [0, 0.05) is 0 Å². The summed E-state index contributed by atoms with van der Waals surface area (Å²) in [6, 6.07) is 1.37. The van der Waals surface area contributed by atoms with Gasteiger partial charge in [0.25, 0.3) is 0 Å². The smallest absolute Gasteiger partial charge is 0.107 e. The second-order valence-electron chi connectivity index (χ2n) is 5.78. The Morgan fingerprint density at radius 1 is 1.00 bits per heavy atom. The quantitative estimate of drug-likeness (QED) is 0.465. The maximum Gasteiger partial charge on any atom is 0.107 e. The summed E-state index contributed by atoms with van der Waals surface area (Å²) in [5.41, 5.74) is 0. The van der Waals surface area contributed by atoms with Crippen molar-refractivity contribution in [2.75, 3.05) is 0 Å². The predicted octanol–water partition coefficient (Wildman–Crippen LogP) is 4.97. The molecule has 0 rings (SSSR count). The van der Waals surface area contributed by atoms with E-state index in [2.05, 4.69) is 33.9 Å². The van der Waals surface area contributed by atoms with Crippen molar-refractivity contribution in [3.63, 3.8) is 0 Å². The molecule has 0 aromatic carbocycles. The van der Waals surface area contributed by atoms with Gasteiger partial charge in [-0.2, -0.15) is 0 Å². The molecule has 14 heavy (non-hydrogen) atoms. The van der Waals surface area contributed by atoms with E-state index in [1.54, 1.807) is 0 Å². The van der Waals surface area contributed by atoms with Crippen LogP contribution in [0.1, 0.15) is 46.5 Å². The number of hydrogen-bond donors (Lipinski definition) is 1. The average Bonchev–Trinajstić information content (AvgIpc) is 1.99. The molecule has 0 aromatic rings. The normalized spacial score (nSPS) is 14.8. The van der Waals surface area contributed by atoms with Gasteiger partial charge in [-0.1, -0.05) is 59.5 Å². The predicted molar refractivity (Wildman–Crippen MR) is 73.7 cm³/mol. The van der Waals surface area contributed by atoms with Gasteiger partial charge < -0.3 is 0 Å². The molecule has 0 saturated carbocycles. The molecule has 1 unspecified atom stereocenters. The van der Waals surface area contributed by atoms with Crippen molar-refractivity contribution in [2.45, 2.75) is 65.6 Å². The van der Waals surface area contributed by atoms with Crippen LogP contribution in [0, 0.1) is 11.8 Å². The monoisotopic (exact) mass is 232 g/mol. The summed E-state index contributed by atoms with van der Waals surface area (Å²) >= 11 is 4.69. The molecule has 0 amide bonds. The largest absolute Gasteiger partial charge is 0.202 e. The van der Waals surface area contributed by atoms with Gasteiger partial charge in [0.15, 0.2) is 0 Å². The van der Waals surface area contributed by atoms with Gasteiger partial charge in [0.2, 0.25) is 0 Å². The highest BCUT2D eigenvalue weighted by atomic mass is 32.3. The summed E-state index contributed by atoms with van der Waals surface area (Å²) in [7, 11) is -1.09. The van der Waals surface area contributed by atoms with Gasteiger partial charge in [-0.3, -0.25) is 0 Å². The molecule has 0 heterocycles. The Morgan fingerprint density at radius 2 is 1.57 bits per heavy atom. The molecule has 2 heteroatoms. The number of rotatable bonds is 7. The molecule has 0 nitrogen and oxygen atoms in total. The average molecular weight is 233 g/mol. The molecule has 0 N–H and O–H groups in total. The van der Waals surface area contributed by atoms with Gasteiger partial charge >= 0.3 is 0 Å². The fraction of sp³-hybridized carbons (Fsp3) is 1.00. The Hall–Kier alpha value is 0.567. The highest BCUT2D eigenvalue weighted by molar-refractivity contribution is 8.14. The summed E-state index contributed by atoms with van der Waals surface area (Å²) in [6.45, 7) is 11.7. The maximum absolute atomic E-state index is 4.69. The molecule has 0 aliphatic rings. The first kappa shape index (κ1) is 14.6. The molecule has 0 saturated heterocycles. The van der Waals surface area contributed by atoms with Crippen molar-refractivity contribution in [1.82, 2.24) is 0 Å². The lowest BCUT2D eigenvalue weighted by atomic mass is 9.98. The minimum absolute atomic E-state index is 0.873. The molecule has 0 fully saturated rings. The topological polar surface area (TPSA) is 0 Å². The van der Waals surface area contributed by atoms with E-state index in [0.717, 1.165) is 11.8 Å². The highest BCUT2D eigenvalue weighted by Crippen LogP contribution is 2.23.